The lowest BCUT2D eigenvalue weighted by molar-refractivity contribution is -0.132. The van der Waals surface area contributed by atoms with Gasteiger partial charge in [0.05, 0.1) is 0 Å². The van der Waals surface area contributed by atoms with Gasteiger partial charge >= 0.3 is 0 Å². The van der Waals surface area contributed by atoms with Crippen LogP contribution in [0.1, 0.15) is 142 Å². The summed E-state index contributed by atoms with van der Waals surface area (Å²) in [6, 6.07) is 0.439. The van der Waals surface area contributed by atoms with Gasteiger partial charge in [-0.25, -0.2) is 0 Å². The first-order valence-electron chi connectivity index (χ1n) is 13.0. The third kappa shape index (κ3) is 18.0. The van der Waals surface area contributed by atoms with E-state index in [0.29, 0.717) is 25.0 Å². The summed E-state index contributed by atoms with van der Waals surface area (Å²) in [5, 5.41) is 8.85. The number of nitrogens with zero attached hydrogens (tertiary/aromatic N) is 1. The van der Waals surface area contributed by atoms with Gasteiger partial charge in [0.25, 0.3) is 0 Å². The molecule has 1 amide bonds. The minimum atomic E-state index is 0.292. The summed E-state index contributed by atoms with van der Waals surface area (Å²) in [6.45, 7) is 4.83. The van der Waals surface area contributed by atoms with E-state index in [2.05, 4.69) is 18.7 Å². The number of unbranched alkanes of at least 4 members (excludes halogenated alkanes) is 14. The fraction of sp³-hybridized carbons (Fsp3) is 0.962. The lowest BCUT2D eigenvalue weighted by atomic mass is 9.98. The van der Waals surface area contributed by atoms with Gasteiger partial charge in [0.1, 0.15) is 0 Å². The Morgan fingerprint density at radius 3 is 1.55 bits per heavy atom. The molecule has 0 saturated heterocycles. The van der Waals surface area contributed by atoms with E-state index in [-0.39, 0.29) is 0 Å². The molecule has 0 aromatic heterocycles. The minimum Gasteiger partial charge on any atom is -0.396 e. The molecule has 0 bridgehead atoms. The maximum Gasteiger partial charge on any atom is 0.222 e. The highest BCUT2D eigenvalue weighted by Gasteiger charge is 2.19. The zero-order valence-electron chi connectivity index (χ0n) is 20.2. The van der Waals surface area contributed by atoms with Crippen molar-refractivity contribution in [1.29, 1.82) is 0 Å². The van der Waals surface area contributed by atoms with Crippen LogP contribution < -0.4 is 0 Å². The SMILES string of the molecule is CCCCCCCCC(CCCCCCCC)N(C)C(=O)CCCCCCCO. The monoisotopic (exact) mass is 411 g/mol. The van der Waals surface area contributed by atoms with Crippen molar-refractivity contribution >= 4 is 5.91 Å². The molecule has 0 spiro atoms. The number of aliphatic hydroxyl groups is 1. The van der Waals surface area contributed by atoms with Crippen molar-refractivity contribution in [3.63, 3.8) is 0 Å². The molecule has 0 radical (unpaired) electrons. The molecule has 29 heavy (non-hydrogen) atoms. The van der Waals surface area contributed by atoms with E-state index < -0.39 is 0 Å². The first-order valence-corrected chi connectivity index (χ1v) is 13.0. The fourth-order valence-electron chi connectivity index (χ4n) is 4.15. The average Bonchev–Trinajstić information content (AvgIpc) is 2.73. The van der Waals surface area contributed by atoms with E-state index in [4.69, 9.17) is 5.11 Å². The second-order valence-corrected chi connectivity index (χ2v) is 9.01. The number of rotatable bonds is 22. The molecular formula is C26H53NO2. The summed E-state index contributed by atoms with van der Waals surface area (Å²) in [7, 11) is 2.05. The molecule has 0 fully saturated rings. The van der Waals surface area contributed by atoms with E-state index in [1.54, 1.807) is 0 Å². The van der Waals surface area contributed by atoms with Crippen LogP contribution in [0.25, 0.3) is 0 Å². The van der Waals surface area contributed by atoms with Gasteiger partial charge in [-0.2, -0.15) is 0 Å². The molecule has 0 unspecified atom stereocenters. The van der Waals surface area contributed by atoms with Crippen LogP contribution in [-0.2, 0) is 4.79 Å². The highest BCUT2D eigenvalue weighted by molar-refractivity contribution is 5.76. The van der Waals surface area contributed by atoms with E-state index in [9.17, 15) is 4.79 Å². The Morgan fingerprint density at radius 2 is 1.07 bits per heavy atom. The third-order valence-corrected chi connectivity index (χ3v) is 6.27. The number of aliphatic hydroxyl groups excluding tert-OH is 1. The molecule has 0 rings (SSSR count). The predicted octanol–water partition coefficient (Wildman–Crippen LogP) is 7.65. The molecule has 174 valence electrons. The number of carbonyl (C=O) groups excluding carboxylic acids is 1. The van der Waals surface area contributed by atoms with Crippen LogP contribution in [0, 0.1) is 0 Å². The summed E-state index contributed by atoms with van der Waals surface area (Å²) >= 11 is 0. The Labute approximate surface area is 183 Å². The van der Waals surface area contributed by atoms with Crippen LogP contribution in [0.15, 0.2) is 0 Å². The molecule has 0 saturated carbocycles. The first kappa shape index (κ1) is 28.4. The maximum atomic E-state index is 12.7. The first-order chi connectivity index (χ1) is 14.2. The molecule has 0 aromatic rings. The fourth-order valence-corrected chi connectivity index (χ4v) is 4.15. The lowest BCUT2D eigenvalue weighted by Gasteiger charge is -2.29. The van der Waals surface area contributed by atoms with Gasteiger partial charge in [0.15, 0.2) is 0 Å². The highest BCUT2D eigenvalue weighted by atomic mass is 16.2. The lowest BCUT2D eigenvalue weighted by Crippen LogP contribution is -2.37. The molecule has 0 aliphatic rings. The quantitative estimate of drug-likeness (QED) is 0.186. The summed E-state index contributed by atoms with van der Waals surface area (Å²) in [6.07, 6.45) is 24.2. The Balaban J connectivity index is 4.22. The summed E-state index contributed by atoms with van der Waals surface area (Å²) < 4.78 is 0. The van der Waals surface area contributed by atoms with E-state index in [0.717, 1.165) is 32.1 Å². The molecular weight excluding hydrogens is 358 g/mol. The molecule has 3 nitrogen and oxygen atoms in total. The van der Waals surface area contributed by atoms with Gasteiger partial charge in [-0.3, -0.25) is 4.79 Å². The Hall–Kier alpha value is -0.570. The number of amides is 1. The van der Waals surface area contributed by atoms with Crippen molar-refractivity contribution in [3.8, 4) is 0 Å². The molecule has 0 heterocycles. The summed E-state index contributed by atoms with van der Waals surface area (Å²) in [5.41, 5.74) is 0. The largest absolute Gasteiger partial charge is 0.396 e. The molecule has 1 N–H and O–H groups in total. The van der Waals surface area contributed by atoms with Crippen LogP contribution in [0.4, 0.5) is 0 Å². The number of hydrogen-bond donors (Lipinski definition) is 1. The van der Waals surface area contributed by atoms with E-state index in [1.807, 2.05) is 7.05 Å². The van der Waals surface area contributed by atoms with Gasteiger partial charge in [-0.15, -0.1) is 0 Å². The minimum absolute atomic E-state index is 0.292. The molecule has 3 heteroatoms. The number of hydrogen-bond acceptors (Lipinski definition) is 2. The van der Waals surface area contributed by atoms with Gasteiger partial charge in [-0.1, -0.05) is 110 Å². The number of carbonyl (C=O) groups is 1. The predicted molar refractivity (Wildman–Crippen MR) is 127 cm³/mol. The highest BCUT2D eigenvalue weighted by Crippen LogP contribution is 2.19. The van der Waals surface area contributed by atoms with Crippen LogP contribution >= 0.6 is 0 Å². The van der Waals surface area contributed by atoms with Crippen molar-refractivity contribution in [2.75, 3.05) is 13.7 Å². The van der Waals surface area contributed by atoms with Crippen LogP contribution in [0.2, 0.25) is 0 Å². The van der Waals surface area contributed by atoms with Gasteiger partial charge < -0.3 is 10.0 Å². The Kier molecular flexibility index (Phi) is 21.7. The zero-order chi connectivity index (χ0) is 21.6. The topological polar surface area (TPSA) is 40.5 Å². The second kappa shape index (κ2) is 22.1. The maximum absolute atomic E-state index is 12.7. The van der Waals surface area contributed by atoms with E-state index in [1.165, 1.54) is 89.9 Å². The van der Waals surface area contributed by atoms with Crippen molar-refractivity contribution in [3.05, 3.63) is 0 Å². The van der Waals surface area contributed by atoms with Crippen molar-refractivity contribution in [2.45, 2.75) is 148 Å². The molecule has 0 aliphatic carbocycles. The summed E-state index contributed by atoms with van der Waals surface area (Å²) in [5.74, 6) is 0.342. The van der Waals surface area contributed by atoms with Crippen LogP contribution in [0.3, 0.4) is 0 Å². The van der Waals surface area contributed by atoms with Crippen molar-refractivity contribution in [2.24, 2.45) is 0 Å². The van der Waals surface area contributed by atoms with Crippen LogP contribution in [-0.4, -0.2) is 35.6 Å². The van der Waals surface area contributed by atoms with Gasteiger partial charge in [0.2, 0.25) is 5.91 Å². The third-order valence-electron chi connectivity index (χ3n) is 6.27. The van der Waals surface area contributed by atoms with E-state index >= 15 is 0 Å². The smallest absolute Gasteiger partial charge is 0.222 e. The molecule has 0 aliphatic heterocycles. The van der Waals surface area contributed by atoms with Gasteiger partial charge in [-0.05, 0) is 25.7 Å². The Morgan fingerprint density at radius 1 is 0.655 bits per heavy atom. The second-order valence-electron chi connectivity index (χ2n) is 9.01. The summed E-state index contributed by atoms with van der Waals surface area (Å²) in [4.78, 5) is 14.8. The standard InChI is InChI=1S/C26H53NO2/c1-4-6-8-10-13-17-21-25(22-18-14-11-9-7-5-2)27(3)26(29)23-19-15-12-16-20-24-28/h25,28H,4-24H2,1-3H3. The average molecular weight is 412 g/mol. The normalized spacial score (nSPS) is 11.3. The van der Waals surface area contributed by atoms with Crippen molar-refractivity contribution in [1.82, 2.24) is 4.90 Å². The Bertz CT molecular complexity index is 330. The van der Waals surface area contributed by atoms with Crippen LogP contribution in [0.5, 0.6) is 0 Å². The van der Waals surface area contributed by atoms with Crippen molar-refractivity contribution < 1.29 is 9.90 Å². The molecule has 0 atom stereocenters. The zero-order valence-corrected chi connectivity index (χ0v) is 20.2. The molecule has 0 aromatic carbocycles. The van der Waals surface area contributed by atoms with Gasteiger partial charge in [0, 0.05) is 26.1 Å².